The second kappa shape index (κ2) is 7.01. The molecule has 0 saturated carbocycles. The number of amides is 2. The molecule has 0 aromatic carbocycles. The number of hydrogen-bond donors (Lipinski definition) is 3. The summed E-state index contributed by atoms with van der Waals surface area (Å²) in [5.41, 5.74) is 4.64. The first kappa shape index (κ1) is 13.9. The van der Waals surface area contributed by atoms with Crippen molar-refractivity contribution in [2.24, 2.45) is 5.73 Å². The first-order valence-corrected chi connectivity index (χ1v) is 2.45. The van der Waals surface area contributed by atoms with E-state index in [0.717, 1.165) is 0 Å². The Kier molecular flexibility index (Phi) is 8.86. The van der Waals surface area contributed by atoms with Gasteiger partial charge in [0.05, 0.1) is 6.61 Å². The maximum Gasteiger partial charge on any atom is 1.00 e. The molecule has 0 rings (SSSR count). The summed E-state index contributed by atoms with van der Waals surface area (Å²) in [5.74, 6) is -0.938. The molecule has 0 aliphatic rings. The van der Waals surface area contributed by atoms with Crippen molar-refractivity contribution in [2.45, 2.75) is 6.04 Å². The molecule has 11 heavy (non-hydrogen) atoms. The Bertz CT molecular complexity index is 151. The average Bonchev–Trinajstić information content (AvgIpc) is 1.81. The Labute approximate surface area is 106 Å². The van der Waals surface area contributed by atoms with E-state index >= 15 is 0 Å². The van der Waals surface area contributed by atoms with Gasteiger partial charge in [-0.15, -0.1) is 0 Å². The van der Waals surface area contributed by atoms with E-state index in [1.54, 1.807) is 5.32 Å². The van der Waals surface area contributed by atoms with Crippen LogP contribution < -0.4 is 67.5 Å². The number of aliphatic hydroxyl groups excluding tert-OH is 1. The molecule has 58 valence electrons. The molecular weight excluding hydrogens is 179 g/mol. The van der Waals surface area contributed by atoms with E-state index < -0.39 is 24.6 Å². The van der Waals surface area contributed by atoms with Crippen LogP contribution in [0.15, 0.2) is 0 Å². The fourth-order valence-corrected chi connectivity index (χ4v) is 0.349. The second-order valence-corrected chi connectivity index (χ2v) is 1.57. The van der Waals surface area contributed by atoms with Gasteiger partial charge in [-0.25, -0.2) is 0 Å². The standard InChI is InChI=1S/C4H8N2O4.K/c5-3(8)2(1-7)6-4(9)10;/h2,6-7H,1H2,(H2,5,8)(H,9,10);/q;+1/p-1/t2-;/m0./s1. The molecule has 1 atom stereocenters. The molecule has 0 aliphatic carbocycles. The normalized spacial score (nSPS) is 11.0. The Morgan fingerprint density at radius 2 is 2.09 bits per heavy atom. The molecule has 0 radical (unpaired) electrons. The van der Waals surface area contributed by atoms with Crippen molar-refractivity contribution >= 4 is 12.0 Å². The maximum absolute atomic E-state index is 10.2. The number of primary amides is 1. The van der Waals surface area contributed by atoms with Gasteiger partial charge in [-0.05, 0) is 0 Å². The van der Waals surface area contributed by atoms with Gasteiger partial charge >= 0.3 is 51.4 Å². The Morgan fingerprint density at radius 3 is 2.18 bits per heavy atom. The summed E-state index contributed by atoms with van der Waals surface area (Å²) >= 11 is 0. The summed E-state index contributed by atoms with van der Waals surface area (Å²) < 4.78 is 0. The number of aliphatic hydroxyl groups is 1. The van der Waals surface area contributed by atoms with E-state index in [1.165, 1.54) is 0 Å². The average molecular weight is 186 g/mol. The molecule has 0 saturated heterocycles. The molecule has 0 aliphatic heterocycles. The molecule has 7 heteroatoms. The largest absolute Gasteiger partial charge is 1.00 e. The number of carboxylic acid groups (broad SMARTS) is 1. The predicted molar refractivity (Wildman–Crippen MR) is 28.6 cm³/mol. The van der Waals surface area contributed by atoms with Crippen LogP contribution in [-0.2, 0) is 4.79 Å². The van der Waals surface area contributed by atoms with Gasteiger partial charge in [0, 0.05) is 0 Å². The number of carbonyl (C=O) groups is 2. The van der Waals surface area contributed by atoms with Crippen LogP contribution in [0.5, 0.6) is 0 Å². The monoisotopic (exact) mass is 186 g/mol. The number of nitrogens with one attached hydrogen (secondary N) is 1. The zero-order chi connectivity index (χ0) is 8.15. The molecule has 2 amide bonds. The van der Waals surface area contributed by atoms with Crippen molar-refractivity contribution in [3.63, 3.8) is 0 Å². The van der Waals surface area contributed by atoms with Gasteiger partial charge in [0.25, 0.3) is 0 Å². The zero-order valence-electron chi connectivity index (χ0n) is 6.03. The minimum atomic E-state index is -1.64. The molecule has 0 spiro atoms. The van der Waals surface area contributed by atoms with Crippen LogP contribution in [0.1, 0.15) is 0 Å². The van der Waals surface area contributed by atoms with Crippen molar-refractivity contribution in [3.05, 3.63) is 0 Å². The molecule has 0 unspecified atom stereocenters. The van der Waals surface area contributed by atoms with Gasteiger partial charge in [0.2, 0.25) is 5.91 Å². The number of hydrogen-bond acceptors (Lipinski definition) is 4. The first-order chi connectivity index (χ1) is 4.57. The number of carbonyl (C=O) groups excluding carboxylic acids is 2. The Hall–Kier alpha value is 0.336. The van der Waals surface area contributed by atoms with E-state index in [9.17, 15) is 14.7 Å². The second-order valence-electron chi connectivity index (χ2n) is 1.57. The van der Waals surface area contributed by atoms with Crippen LogP contribution in [0.4, 0.5) is 4.79 Å². The minimum Gasteiger partial charge on any atom is -0.530 e. The van der Waals surface area contributed by atoms with E-state index in [2.05, 4.69) is 5.73 Å². The topological polar surface area (TPSA) is 115 Å². The van der Waals surface area contributed by atoms with Crippen LogP contribution in [0.3, 0.4) is 0 Å². The quantitative estimate of drug-likeness (QED) is 0.380. The summed E-state index contributed by atoms with van der Waals surface area (Å²) in [5, 5.41) is 19.6. The molecule has 0 fully saturated rings. The summed E-state index contributed by atoms with van der Waals surface area (Å²) in [6, 6.07) is -1.27. The summed E-state index contributed by atoms with van der Waals surface area (Å²) in [6.07, 6.45) is -1.64. The molecule has 0 aromatic heterocycles. The van der Waals surface area contributed by atoms with E-state index in [-0.39, 0.29) is 51.4 Å². The van der Waals surface area contributed by atoms with Gasteiger partial charge in [0.15, 0.2) is 0 Å². The van der Waals surface area contributed by atoms with Gasteiger partial charge in [-0.1, -0.05) is 0 Å². The zero-order valence-corrected chi connectivity index (χ0v) is 9.16. The molecule has 4 N–H and O–H groups in total. The summed E-state index contributed by atoms with van der Waals surface area (Å²) in [6.45, 7) is -0.663. The molecule has 0 bridgehead atoms. The third-order valence-corrected chi connectivity index (χ3v) is 0.818. The third kappa shape index (κ3) is 6.72. The number of nitrogens with two attached hydrogens (primary N) is 1. The SMILES string of the molecule is NC(=O)[C@H](CO)NC(=O)[O-].[K+]. The van der Waals surface area contributed by atoms with Crippen molar-refractivity contribution in [2.75, 3.05) is 6.61 Å². The van der Waals surface area contributed by atoms with Gasteiger partial charge in [0.1, 0.15) is 12.1 Å². The van der Waals surface area contributed by atoms with Crippen molar-refractivity contribution in [1.29, 1.82) is 0 Å². The molecule has 0 heterocycles. The van der Waals surface area contributed by atoms with Gasteiger partial charge < -0.3 is 26.1 Å². The van der Waals surface area contributed by atoms with E-state index in [0.29, 0.717) is 0 Å². The van der Waals surface area contributed by atoms with Crippen molar-refractivity contribution < 1.29 is 71.2 Å². The fraction of sp³-hybridized carbons (Fsp3) is 0.500. The van der Waals surface area contributed by atoms with Gasteiger partial charge in [-0.3, -0.25) is 4.79 Å². The summed E-state index contributed by atoms with van der Waals surface area (Å²) in [7, 11) is 0. The van der Waals surface area contributed by atoms with Gasteiger partial charge in [-0.2, -0.15) is 0 Å². The van der Waals surface area contributed by atoms with Crippen molar-refractivity contribution in [1.82, 2.24) is 5.32 Å². The Morgan fingerprint density at radius 1 is 1.64 bits per heavy atom. The van der Waals surface area contributed by atoms with E-state index in [4.69, 9.17) is 5.11 Å². The minimum absolute atomic E-state index is 0. The molecular formula is C4H7KN2O4. The van der Waals surface area contributed by atoms with E-state index in [1.807, 2.05) is 0 Å². The van der Waals surface area contributed by atoms with Crippen LogP contribution >= 0.6 is 0 Å². The molecule has 6 nitrogen and oxygen atoms in total. The smallest absolute Gasteiger partial charge is 0.530 e. The Balaban J connectivity index is 0. The van der Waals surface area contributed by atoms with Crippen LogP contribution in [0, 0.1) is 0 Å². The maximum atomic E-state index is 10.2. The first-order valence-electron chi connectivity index (χ1n) is 2.45. The van der Waals surface area contributed by atoms with Crippen molar-refractivity contribution in [3.8, 4) is 0 Å². The van der Waals surface area contributed by atoms with Crippen LogP contribution in [0.25, 0.3) is 0 Å². The predicted octanol–water partition coefficient (Wildman–Crippen LogP) is -6.23. The van der Waals surface area contributed by atoms with Crippen LogP contribution in [-0.4, -0.2) is 29.8 Å². The van der Waals surface area contributed by atoms with Crippen LogP contribution in [0.2, 0.25) is 0 Å². The molecule has 0 aromatic rings. The number of rotatable bonds is 3. The third-order valence-electron chi connectivity index (χ3n) is 0.818. The fourth-order valence-electron chi connectivity index (χ4n) is 0.349. The summed E-state index contributed by atoms with van der Waals surface area (Å²) in [4.78, 5) is 19.9.